The van der Waals surface area contributed by atoms with E-state index in [0.717, 1.165) is 25.7 Å². The Labute approximate surface area is 211 Å². The third-order valence-corrected chi connectivity index (χ3v) is 7.45. The second-order valence-electron chi connectivity index (χ2n) is 9.89. The highest BCUT2D eigenvalue weighted by molar-refractivity contribution is 6.05. The second kappa shape index (κ2) is 9.49. The van der Waals surface area contributed by atoms with Gasteiger partial charge in [-0.1, -0.05) is 31.4 Å². The van der Waals surface area contributed by atoms with Gasteiger partial charge in [0.05, 0.1) is 24.3 Å². The number of benzene rings is 1. The third-order valence-electron chi connectivity index (χ3n) is 7.45. The molecule has 1 aromatic carbocycles. The number of hydrogen-bond acceptors (Lipinski definition) is 5. The van der Waals surface area contributed by atoms with Crippen LogP contribution in [0.1, 0.15) is 53.9 Å². The van der Waals surface area contributed by atoms with E-state index in [1.807, 2.05) is 0 Å². The molecule has 8 nitrogen and oxygen atoms in total. The number of halogens is 2. The number of aromatic amines is 1. The van der Waals surface area contributed by atoms with Crippen molar-refractivity contribution in [3.63, 3.8) is 0 Å². The maximum atomic E-state index is 15.2. The van der Waals surface area contributed by atoms with Crippen molar-refractivity contribution < 1.29 is 13.6 Å². The molecule has 1 amide bonds. The fourth-order valence-electron chi connectivity index (χ4n) is 5.42. The van der Waals surface area contributed by atoms with Crippen molar-refractivity contribution in [1.29, 1.82) is 0 Å². The van der Waals surface area contributed by atoms with E-state index in [4.69, 9.17) is 0 Å². The van der Waals surface area contributed by atoms with E-state index >= 15 is 4.39 Å². The molecule has 10 heteroatoms. The Hall–Kier alpha value is -3.95. The van der Waals surface area contributed by atoms with Gasteiger partial charge in [-0.2, -0.15) is 0 Å². The summed E-state index contributed by atoms with van der Waals surface area (Å²) in [5.74, 6) is -0.690. The normalized spacial score (nSPS) is 16.8. The monoisotopic (exact) mass is 504 g/mol. The van der Waals surface area contributed by atoms with Crippen molar-refractivity contribution >= 4 is 11.6 Å². The minimum Gasteiger partial charge on any atom is -0.338 e. The molecule has 37 heavy (non-hydrogen) atoms. The number of carbonyl (C=O) groups is 1. The van der Waals surface area contributed by atoms with Crippen LogP contribution in [0, 0.1) is 11.7 Å². The average molecular weight is 505 g/mol. The molecular weight excluding hydrogens is 478 g/mol. The largest absolute Gasteiger partial charge is 0.338 e. The van der Waals surface area contributed by atoms with Gasteiger partial charge in [-0.3, -0.25) is 29.0 Å². The quantitative estimate of drug-likeness (QED) is 0.435. The van der Waals surface area contributed by atoms with Gasteiger partial charge < -0.3 is 4.90 Å². The van der Waals surface area contributed by atoms with Gasteiger partial charge in [0, 0.05) is 43.0 Å². The van der Waals surface area contributed by atoms with Crippen LogP contribution in [0.2, 0.25) is 0 Å². The summed E-state index contributed by atoms with van der Waals surface area (Å²) in [5.41, 5.74) is 1.88. The van der Waals surface area contributed by atoms with E-state index in [9.17, 15) is 14.0 Å². The Kier molecular flexibility index (Phi) is 6.02. The fourth-order valence-corrected chi connectivity index (χ4v) is 5.42. The van der Waals surface area contributed by atoms with Crippen LogP contribution in [-0.2, 0) is 0 Å². The molecule has 1 saturated heterocycles. The van der Waals surface area contributed by atoms with Gasteiger partial charge >= 0.3 is 0 Å². The van der Waals surface area contributed by atoms with E-state index in [1.54, 1.807) is 12.1 Å². The molecule has 0 atom stereocenters. The van der Waals surface area contributed by atoms with Gasteiger partial charge in [-0.25, -0.2) is 13.9 Å². The SMILES string of the molecule is O=C(c1c(-c2cnccn2)[nH]n2c(=O)cc(-c3ccc(C4CCCCC4)c(F)c3)nc12)N1CC(CF)C1. The summed E-state index contributed by atoms with van der Waals surface area (Å²) in [6.07, 6.45) is 9.80. The number of rotatable bonds is 5. The van der Waals surface area contributed by atoms with Gasteiger partial charge in [-0.15, -0.1) is 0 Å². The molecule has 2 aliphatic rings. The van der Waals surface area contributed by atoms with E-state index in [2.05, 4.69) is 20.1 Å². The van der Waals surface area contributed by atoms with E-state index in [1.165, 1.54) is 46.6 Å². The summed E-state index contributed by atoms with van der Waals surface area (Å²) < 4.78 is 29.4. The average Bonchev–Trinajstić information content (AvgIpc) is 3.29. The maximum Gasteiger partial charge on any atom is 0.273 e. The first-order valence-corrected chi connectivity index (χ1v) is 12.6. The van der Waals surface area contributed by atoms with Gasteiger partial charge in [0.15, 0.2) is 5.65 Å². The smallest absolute Gasteiger partial charge is 0.273 e. The number of fused-ring (bicyclic) bond motifs is 1. The van der Waals surface area contributed by atoms with Gasteiger partial charge in [-0.05, 0) is 30.4 Å². The van der Waals surface area contributed by atoms with Crippen molar-refractivity contribution in [3.05, 3.63) is 70.2 Å². The van der Waals surface area contributed by atoms with Crippen molar-refractivity contribution in [2.75, 3.05) is 19.8 Å². The summed E-state index contributed by atoms with van der Waals surface area (Å²) >= 11 is 0. The third kappa shape index (κ3) is 4.20. The number of likely N-dealkylation sites (tertiary alicyclic amines) is 1. The number of amides is 1. The fraction of sp³-hybridized carbons (Fsp3) is 0.370. The molecule has 190 valence electrons. The Morgan fingerprint density at radius 1 is 1.08 bits per heavy atom. The highest BCUT2D eigenvalue weighted by Crippen LogP contribution is 2.35. The van der Waals surface area contributed by atoms with E-state index in [0.29, 0.717) is 22.5 Å². The van der Waals surface area contributed by atoms with Crippen LogP contribution in [0.25, 0.3) is 28.3 Å². The highest BCUT2D eigenvalue weighted by atomic mass is 19.1. The lowest BCUT2D eigenvalue weighted by molar-refractivity contribution is 0.0455. The van der Waals surface area contributed by atoms with Crippen molar-refractivity contribution in [2.24, 2.45) is 5.92 Å². The predicted molar refractivity (Wildman–Crippen MR) is 133 cm³/mol. The molecule has 3 aromatic heterocycles. The number of hydrogen-bond donors (Lipinski definition) is 1. The molecule has 1 N–H and O–H groups in total. The van der Waals surface area contributed by atoms with Crippen LogP contribution in [0.5, 0.6) is 0 Å². The topological polar surface area (TPSA) is 96.2 Å². The van der Waals surface area contributed by atoms with E-state index < -0.39 is 12.2 Å². The van der Waals surface area contributed by atoms with Crippen LogP contribution in [0.4, 0.5) is 8.78 Å². The lowest BCUT2D eigenvalue weighted by Crippen LogP contribution is -2.50. The number of nitrogens with zero attached hydrogens (tertiary/aromatic N) is 5. The van der Waals surface area contributed by atoms with Crippen molar-refractivity contribution in [1.82, 2.24) is 29.5 Å². The summed E-state index contributed by atoms with van der Waals surface area (Å²) in [4.78, 5) is 41.1. The second-order valence-corrected chi connectivity index (χ2v) is 9.89. The number of carbonyl (C=O) groups excluding carboxylic acids is 1. The van der Waals surface area contributed by atoms with Crippen LogP contribution in [0.3, 0.4) is 0 Å². The van der Waals surface area contributed by atoms with Crippen LogP contribution in [0.15, 0.2) is 47.7 Å². The van der Waals surface area contributed by atoms with Crippen LogP contribution >= 0.6 is 0 Å². The lowest BCUT2D eigenvalue weighted by atomic mass is 9.83. The number of aromatic nitrogens is 5. The Morgan fingerprint density at radius 2 is 1.89 bits per heavy atom. The first kappa shape index (κ1) is 23.4. The minimum absolute atomic E-state index is 0.105. The first-order valence-electron chi connectivity index (χ1n) is 12.6. The molecule has 4 aromatic rings. The summed E-state index contributed by atoms with van der Waals surface area (Å²) in [5, 5.41) is 2.94. The lowest BCUT2D eigenvalue weighted by Gasteiger charge is -2.37. The zero-order chi connectivity index (χ0) is 25.5. The van der Waals surface area contributed by atoms with E-state index in [-0.39, 0.29) is 53.6 Å². The minimum atomic E-state index is -0.501. The summed E-state index contributed by atoms with van der Waals surface area (Å²) in [6, 6.07) is 6.30. The molecule has 1 aliphatic heterocycles. The molecule has 1 saturated carbocycles. The molecule has 1 aliphatic carbocycles. The zero-order valence-corrected chi connectivity index (χ0v) is 20.2. The molecule has 2 fully saturated rings. The standard InChI is InChI=1S/C27H26F2N6O2/c28-12-16-14-34(15-16)27(37)24-25(22-13-30-8-9-31-22)33-35-23(36)11-21(32-26(24)35)18-6-7-19(20(29)10-18)17-4-2-1-3-5-17/h6-11,13,16-17,33H,1-5,12,14-15H2. The molecule has 6 rings (SSSR count). The van der Waals surface area contributed by atoms with Gasteiger partial charge in [0.1, 0.15) is 17.1 Å². The van der Waals surface area contributed by atoms with Gasteiger partial charge in [0.25, 0.3) is 11.5 Å². The Balaban J connectivity index is 1.46. The highest BCUT2D eigenvalue weighted by Gasteiger charge is 2.35. The van der Waals surface area contributed by atoms with Gasteiger partial charge in [0.2, 0.25) is 0 Å². The number of nitrogens with one attached hydrogen (secondary N) is 1. The summed E-state index contributed by atoms with van der Waals surface area (Å²) in [7, 11) is 0. The summed E-state index contributed by atoms with van der Waals surface area (Å²) in [6.45, 7) is 0.0631. The number of alkyl halides is 1. The Bertz CT molecular complexity index is 1520. The molecule has 0 spiro atoms. The predicted octanol–water partition coefficient (Wildman–Crippen LogP) is 4.37. The molecule has 0 radical (unpaired) electrons. The molecule has 0 unspecified atom stereocenters. The zero-order valence-electron chi connectivity index (χ0n) is 20.2. The molecule has 4 heterocycles. The maximum absolute atomic E-state index is 15.2. The van der Waals surface area contributed by atoms with Crippen LogP contribution in [-0.4, -0.2) is 55.1 Å². The molecule has 0 bridgehead atoms. The van der Waals surface area contributed by atoms with Crippen LogP contribution < -0.4 is 5.56 Å². The molecular formula is C27H26F2N6O2. The first-order chi connectivity index (χ1) is 18.0. The Morgan fingerprint density at radius 3 is 2.59 bits per heavy atom. The van der Waals surface area contributed by atoms with Crippen molar-refractivity contribution in [3.8, 4) is 22.6 Å². The number of H-pyrrole nitrogens is 1. The van der Waals surface area contributed by atoms with Crippen molar-refractivity contribution in [2.45, 2.75) is 38.0 Å².